The van der Waals surface area contributed by atoms with Crippen LogP contribution in [0.2, 0.25) is 0 Å². The first-order valence-corrected chi connectivity index (χ1v) is 5.87. The second kappa shape index (κ2) is 4.72. The maximum Gasteiger partial charge on any atom is 0.408 e. The van der Waals surface area contributed by atoms with Gasteiger partial charge < -0.3 is 15.2 Å². The molecule has 0 aromatic carbocycles. The van der Waals surface area contributed by atoms with Crippen LogP contribution in [0.1, 0.15) is 38.5 Å². The fourth-order valence-corrected chi connectivity index (χ4v) is 2.65. The highest BCUT2D eigenvalue weighted by Crippen LogP contribution is 2.29. The number of alkyl carbamates (subject to hydrolysis) is 1. The van der Waals surface area contributed by atoms with Crippen molar-refractivity contribution in [3.63, 3.8) is 0 Å². The number of carbonyl (C=O) groups is 2. The molecule has 1 aliphatic carbocycles. The van der Waals surface area contributed by atoms with E-state index in [0.29, 0.717) is 5.92 Å². The molecular weight excluding hydrogens is 210 g/mol. The summed E-state index contributed by atoms with van der Waals surface area (Å²) in [6.07, 6.45) is 5.09. The van der Waals surface area contributed by atoms with Gasteiger partial charge in [0.05, 0.1) is 6.04 Å². The van der Waals surface area contributed by atoms with Crippen molar-refractivity contribution in [3.05, 3.63) is 0 Å². The summed E-state index contributed by atoms with van der Waals surface area (Å²) < 4.78 is 4.73. The Hall–Kier alpha value is -1.26. The summed E-state index contributed by atoms with van der Waals surface area (Å²) in [6, 6.07) is -0.354. The number of aliphatic carboxylic acids is 1. The molecule has 1 saturated heterocycles. The SMILES string of the molecule is O=C1N[C@@H](CC2CCCCC2)[C@H](C(=O)O)O1. The molecule has 1 amide bonds. The van der Waals surface area contributed by atoms with Gasteiger partial charge in [0.2, 0.25) is 6.10 Å². The number of hydrogen-bond acceptors (Lipinski definition) is 3. The summed E-state index contributed by atoms with van der Waals surface area (Å²) >= 11 is 0. The van der Waals surface area contributed by atoms with E-state index in [0.717, 1.165) is 19.3 Å². The summed E-state index contributed by atoms with van der Waals surface area (Å²) in [7, 11) is 0. The second-order valence-electron chi connectivity index (χ2n) is 4.65. The fourth-order valence-electron chi connectivity index (χ4n) is 2.65. The van der Waals surface area contributed by atoms with E-state index in [1.165, 1.54) is 19.3 Å². The average Bonchev–Trinajstić information content (AvgIpc) is 2.61. The largest absolute Gasteiger partial charge is 0.478 e. The zero-order valence-corrected chi connectivity index (χ0v) is 9.15. The molecule has 2 rings (SSSR count). The van der Waals surface area contributed by atoms with Crippen LogP contribution < -0.4 is 5.32 Å². The summed E-state index contributed by atoms with van der Waals surface area (Å²) in [5, 5.41) is 11.5. The normalized spacial score (nSPS) is 30.9. The van der Waals surface area contributed by atoms with Crippen LogP contribution in [0.15, 0.2) is 0 Å². The van der Waals surface area contributed by atoms with Gasteiger partial charge in [0, 0.05) is 0 Å². The minimum atomic E-state index is -1.06. The molecule has 16 heavy (non-hydrogen) atoms. The molecule has 2 aliphatic rings. The third-order valence-corrected chi connectivity index (χ3v) is 3.46. The Labute approximate surface area is 94.2 Å². The van der Waals surface area contributed by atoms with Crippen molar-refractivity contribution in [2.45, 2.75) is 50.7 Å². The Balaban J connectivity index is 1.91. The number of rotatable bonds is 3. The second-order valence-corrected chi connectivity index (χ2v) is 4.65. The standard InChI is InChI=1S/C11H17NO4/c13-10(14)9-8(12-11(15)16-9)6-7-4-2-1-3-5-7/h7-9H,1-6H2,(H,12,15)(H,13,14)/t8-,9+/m0/s1. The molecule has 1 heterocycles. The first kappa shape index (κ1) is 11.2. The maximum absolute atomic E-state index is 11.0. The third-order valence-electron chi connectivity index (χ3n) is 3.46. The van der Waals surface area contributed by atoms with Gasteiger partial charge in [0.1, 0.15) is 0 Å². The molecule has 0 radical (unpaired) electrons. The Kier molecular flexibility index (Phi) is 3.31. The topological polar surface area (TPSA) is 75.6 Å². The molecule has 5 heteroatoms. The molecule has 0 spiro atoms. The van der Waals surface area contributed by atoms with E-state index in [9.17, 15) is 9.59 Å². The van der Waals surface area contributed by atoms with Crippen molar-refractivity contribution in [1.82, 2.24) is 5.32 Å². The van der Waals surface area contributed by atoms with E-state index in [1.54, 1.807) is 0 Å². The highest BCUT2D eigenvalue weighted by Gasteiger charge is 2.40. The Morgan fingerprint density at radius 3 is 2.69 bits per heavy atom. The number of cyclic esters (lactones) is 1. The highest BCUT2D eigenvalue weighted by atomic mass is 16.6. The van der Waals surface area contributed by atoms with Gasteiger partial charge in [-0.2, -0.15) is 0 Å². The van der Waals surface area contributed by atoms with Gasteiger partial charge in [-0.25, -0.2) is 9.59 Å². The van der Waals surface area contributed by atoms with E-state index in [4.69, 9.17) is 9.84 Å². The minimum Gasteiger partial charge on any atom is -0.478 e. The van der Waals surface area contributed by atoms with Crippen LogP contribution >= 0.6 is 0 Å². The number of carboxylic acid groups (broad SMARTS) is 1. The van der Waals surface area contributed by atoms with Crippen molar-refractivity contribution in [2.75, 3.05) is 0 Å². The van der Waals surface area contributed by atoms with E-state index in [-0.39, 0.29) is 6.04 Å². The van der Waals surface area contributed by atoms with Gasteiger partial charge in [-0.1, -0.05) is 32.1 Å². The van der Waals surface area contributed by atoms with Crippen LogP contribution in [0, 0.1) is 5.92 Å². The smallest absolute Gasteiger partial charge is 0.408 e. The van der Waals surface area contributed by atoms with Crippen molar-refractivity contribution in [1.29, 1.82) is 0 Å². The monoisotopic (exact) mass is 227 g/mol. The maximum atomic E-state index is 11.0. The molecule has 5 nitrogen and oxygen atoms in total. The van der Waals surface area contributed by atoms with Gasteiger partial charge in [-0.3, -0.25) is 0 Å². The van der Waals surface area contributed by atoms with Crippen molar-refractivity contribution < 1.29 is 19.4 Å². The third kappa shape index (κ3) is 2.46. The van der Waals surface area contributed by atoms with Gasteiger partial charge in [0.25, 0.3) is 0 Å². The quantitative estimate of drug-likeness (QED) is 0.766. The van der Waals surface area contributed by atoms with Crippen LogP contribution in [0.4, 0.5) is 4.79 Å². The first-order valence-electron chi connectivity index (χ1n) is 5.87. The molecule has 2 atom stereocenters. The average molecular weight is 227 g/mol. The molecule has 0 unspecified atom stereocenters. The lowest BCUT2D eigenvalue weighted by Gasteiger charge is -2.24. The summed E-state index contributed by atoms with van der Waals surface area (Å²) in [6.45, 7) is 0. The van der Waals surface area contributed by atoms with E-state index >= 15 is 0 Å². The lowest BCUT2D eigenvalue weighted by atomic mass is 9.84. The number of carbonyl (C=O) groups excluding carboxylic acids is 1. The molecule has 0 bridgehead atoms. The predicted molar refractivity (Wildman–Crippen MR) is 56.0 cm³/mol. The van der Waals surface area contributed by atoms with Crippen LogP contribution in [0.5, 0.6) is 0 Å². The van der Waals surface area contributed by atoms with Crippen LogP contribution in [-0.2, 0) is 9.53 Å². The number of amides is 1. The molecule has 0 aromatic rings. The van der Waals surface area contributed by atoms with Gasteiger partial charge in [-0.15, -0.1) is 0 Å². The lowest BCUT2D eigenvalue weighted by Crippen LogP contribution is -2.38. The van der Waals surface area contributed by atoms with Crippen molar-refractivity contribution in [3.8, 4) is 0 Å². The molecule has 1 saturated carbocycles. The van der Waals surface area contributed by atoms with Crippen LogP contribution in [0.3, 0.4) is 0 Å². The van der Waals surface area contributed by atoms with E-state index in [1.807, 2.05) is 0 Å². The number of nitrogens with one attached hydrogen (secondary N) is 1. The molecule has 2 N–H and O–H groups in total. The molecule has 90 valence electrons. The zero-order chi connectivity index (χ0) is 11.5. The summed E-state index contributed by atoms with van der Waals surface area (Å²) in [5.74, 6) is -0.526. The first-order chi connectivity index (χ1) is 7.66. The van der Waals surface area contributed by atoms with Crippen LogP contribution in [-0.4, -0.2) is 29.3 Å². The molecular formula is C11H17NO4. The van der Waals surface area contributed by atoms with Crippen molar-refractivity contribution in [2.24, 2.45) is 5.92 Å². The Morgan fingerprint density at radius 2 is 2.06 bits per heavy atom. The lowest BCUT2D eigenvalue weighted by molar-refractivity contribution is -0.146. The fraction of sp³-hybridized carbons (Fsp3) is 0.818. The van der Waals surface area contributed by atoms with E-state index in [2.05, 4.69) is 5.32 Å². The van der Waals surface area contributed by atoms with E-state index < -0.39 is 18.2 Å². The number of ether oxygens (including phenoxy) is 1. The van der Waals surface area contributed by atoms with Crippen molar-refractivity contribution >= 4 is 12.1 Å². The Bertz CT molecular complexity index is 286. The Morgan fingerprint density at radius 1 is 1.38 bits per heavy atom. The molecule has 2 fully saturated rings. The van der Waals surface area contributed by atoms with Gasteiger partial charge in [0.15, 0.2) is 0 Å². The zero-order valence-electron chi connectivity index (χ0n) is 9.15. The van der Waals surface area contributed by atoms with Gasteiger partial charge in [-0.05, 0) is 12.3 Å². The predicted octanol–water partition coefficient (Wildman–Crippen LogP) is 1.52. The van der Waals surface area contributed by atoms with Gasteiger partial charge >= 0.3 is 12.1 Å². The number of carboxylic acids is 1. The molecule has 0 aromatic heterocycles. The number of hydrogen-bond donors (Lipinski definition) is 2. The minimum absolute atomic E-state index is 0.354. The highest BCUT2D eigenvalue weighted by molar-refractivity contribution is 5.82. The summed E-state index contributed by atoms with van der Waals surface area (Å²) in [4.78, 5) is 21.9. The summed E-state index contributed by atoms with van der Waals surface area (Å²) in [5.41, 5.74) is 0. The molecule has 1 aliphatic heterocycles. The van der Waals surface area contributed by atoms with Crippen LogP contribution in [0.25, 0.3) is 0 Å².